The lowest BCUT2D eigenvalue weighted by atomic mass is 10.2. The molecular formula is C23H19ClN2O6S. The van der Waals surface area contributed by atoms with Crippen molar-refractivity contribution < 1.29 is 27.5 Å². The maximum Gasteiger partial charge on any atom is 0.308 e. The normalized spacial score (nSPS) is 10.9. The van der Waals surface area contributed by atoms with Gasteiger partial charge in [-0.25, -0.2) is 8.42 Å². The van der Waals surface area contributed by atoms with Crippen molar-refractivity contribution in [2.45, 2.75) is 11.8 Å². The number of sulfone groups is 1. The van der Waals surface area contributed by atoms with Crippen molar-refractivity contribution >= 4 is 50.6 Å². The molecular weight excluding hydrogens is 468 g/mol. The van der Waals surface area contributed by atoms with Crippen molar-refractivity contribution in [3.8, 4) is 5.75 Å². The molecule has 8 nitrogen and oxygen atoms in total. The van der Waals surface area contributed by atoms with Crippen molar-refractivity contribution in [3.63, 3.8) is 0 Å². The third kappa shape index (κ3) is 6.41. The zero-order chi connectivity index (χ0) is 24.2. The van der Waals surface area contributed by atoms with E-state index in [4.69, 9.17) is 16.3 Å². The Morgan fingerprint density at radius 3 is 2.12 bits per heavy atom. The Kier molecular flexibility index (Phi) is 7.15. The lowest BCUT2D eigenvalue weighted by molar-refractivity contribution is -0.131. The predicted octanol–water partition coefficient (Wildman–Crippen LogP) is 4.17. The van der Waals surface area contributed by atoms with Crippen LogP contribution in [0.4, 0.5) is 11.4 Å². The van der Waals surface area contributed by atoms with Crippen molar-refractivity contribution in [1.82, 2.24) is 0 Å². The number of benzene rings is 3. The average molecular weight is 487 g/mol. The van der Waals surface area contributed by atoms with Crippen LogP contribution in [0, 0.1) is 0 Å². The molecule has 0 aliphatic heterocycles. The smallest absolute Gasteiger partial charge is 0.308 e. The minimum atomic E-state index is -3.46. The van der Waals surface area contributed by atoms with E-state index >= 15 is 0 Å². The van der Waals surface area contributed by atoms with E-state index in [0.29, 0.717) is 17.0 Å². The number of nitrogens with one attached hydrogen (secondary N) is 2. The molecule has 3 aromatic carbocycles. The average Bonchev–Trinajstić information content (AvgIpc) is 2.75. The summed E-state index contributed by atoms with van der Waals surface area (Å²) < 4.78 is 28.3. The van der Waals surface area contributed by atoms with Gasteiger partial charge in [0.15, 0.2) is 9.84 Å². The molecule has 0 aliphatic rings. The Morgan fingerprint density at radius 2 is 1.52 bits per heavy atom. The fourth-order valence-electron chi connectivity index (χ4n) is 2.80. The first-order valence-corrected chi connectivity index (χ1v) is 11.8. The molecule has 33 heavy (non-hydrogen) atoms. The van der Waals surface area contributed by atoms with E-state index in [9.17, 15) is 22.8 Å². The number of hydrogen-bond donors (Lipinski definition) is 2. The minimum Gasteiger partial charge on any atom is -0.427 e. The number of esters is 1. The zero-order valence-electron chi connectivity index (χ0n) is 17.6. The molecule has 2 N–H and O–H groups in total. The topological polar surface area (TPSA) is 119 Å². The van der Waals surface area contributed by atoms with Gasteiger partial charge in [-0.15, -0.1) is 0 Å². The quantitative estimate of drug-likeness (QED) is 0.398. The lowest BCUT2D eigenvalue weighted by Gasteiger charge is -2.11. The summed E-state index contributed by atoms with van der Waals surface area (Å²) in [4.78, 5) is 36.0. The second kappa shape index (κ2) is 9.85. The van der Waals surface area contributed by atoms with Crippen molar-refractivity contribution in [2.75, 3.05) is 16.9 Å². The Bertz CT molecular complexity index is 1340. The first kappa shape index (κ1) is 24.0. The third-order valence-electron chi connectivity index (χ3n) is 4.38. The van der Waals surface area contributed by atoms with Gasteiger partial charge in [-0.05, 0) is 60.7 Å². The highest BCUT2D eigenvalue weighted by Crippen LogP contribution is 2.27. The van der Waals surface area contributed by atoms with E-state index in [0.717, 1.165) is 6.26 Å². The lowest BCUT2D eigenvalue weighted by Crippen LogP contribution is -2.14. The number of hydrogen-bond acceptors (Lipinski definition) is 6. The molecule has 170 valence electrons. The zero-order valence-corrected chi connectivity index (χ0v) is 19.2. The molecule has 3 rings (SSSR count). The van der Waals surface area contributed by atoms with Gasteiger partial charge >= 0.3 is 5.97 Å². The van der Waals surface area contributed by atoms with Gasteiger partial charge in [0.1, 0.15) is 5.75 Å². The highest BCUT2D eigenvalue weighted by atomic mass is 35.5. The van der Waals surface area contributed by atoms with Gasteiger partial charge in [-0.1, -0.05) is 17.7 Å². The molecule has 0 fully saturated rings. The van der Waals surface area contributed by atoms with E-state index in [1.165, 1.54) is 67.6 Å². The molecule has 10 heteroatoms. The largest absolute Gasteiger partial charge is 0.427 e. The molecule has 0 bridgehead atoms. The summed E-state index contributed by atoms with van der Waals surface area (Å²) in [6.07, 6.45) is 1.06. The summed E-state index contributed by atoms with van der Waals surface area (Å²) >= 11 is 6.25. The molecule has 0 heterocycles. The van der Waals surface area contributed by atoms with Crippen molar-refractivity contribution in [1.29, 1.82) is 0 Å². The fraction of sp³-hybridized carbons (Fsp3) is 0.0870. The van der Waals surface area contributed by atoms with E-state index < -0.39 is 27.6 Å². The Hall–Kier alpha value is -3.69. The molecule has 0 aromatic heterocycles. The molecule has 0 radical (unpaired) electrons. The number of anilines is 2. The monoisotopic (exact) mass is 486 g/mol. The van der Waals surface area contributed by atoms with E-state index in [1.54, 1.807) is 6.07 Å². The van der Waals surface area contributed by atoms with Gasteiger partial charge in [-0.2, -0.15) is 0 Å². The van der Waals surface area contributed by atoms with Crippen molar-refractivity contribution in [3.05, 3.63) is 82.9 Å². The van der Waals surface area contributed by atoms with E-state index in [2.05, 4.69) is 10.6 Å². The van der Waals surface area contributed by atoms with Crippen LogP contribution in [-0.2, 0) is 14.6 Å². The highest BCUT2D eigenvalue weighted by molar-refractivity contribution is 7.90. The standard InChI is InChI=1S/C23H19ClN2O6S/c1-14(27)32-18-9-6-15(7-10-18)22(28)25-17-8-11-21(20(24)13-17)26-23(29)16-4-3-5-19(12-16)33(2,30)31/h3-13H,1-2H3,(H,25,28)(H,26,29). The summed E-state index contributed by atoms with van der Waals surface area (Å²) in [7, 11) is -3.46. The van der Waals surface area contributed by atoms with Gasteiger partial charge < -0.3 is 15.4 Å². The van der Waals surface area contributed by atoms with Gasteiger partial charge in [0.2, 0.25) is 0 Å². The number of carbonyl (C=O) groups excluding carboxylic acids is 3. The summed E-state index contributed by atoms with van der Waals surface area (Å²) in [5.74, 6) is -1.08. The van der Waals surface area contributed by atoms with Crippen LogP contribution in [0.25, 0.3) is 0 Å². The van der Waals surface area contributed by atoms with Gasteiger partial charge in [0.05, 0.1) is 15.6 Å². The number of carbonyl (C=O) groups is 3. The first-order chi connectivity index (χ1) is 15.5. The SMILES string of the molecule is CC(=O)Oc1ccc(C(=O)Nc2ccc(NC(=O)c3cccc(S(C)(=O)=O)c3)c(Cl)c2)cc1. The van der Waals surface area contributed by atoms with Crippen LogP contribution in [0.1, 0.15) is 27.6 Å². The summed E-state index contributed by atoms with van der Waals surface area (Å²) in [5.41, 5.74) is 1.18. The first-order valence-electron chi connectivity index (χ1n) is 9.54. The molecule has 2 amide bonds. The van der Waals surface area contributed by atoms with Crippen molar-refractivity contribution in [2.24, 2.45) is 0 Å². The van der Waals surface area contributed by atoms with Gasteiger partial charge in [0.25, 0.3) is 11.8 Å². The summed E-state index contributed by atoms with van der Waals surface area (Å²) in [6.45, 7) is 1.28. The predicted molar refractivity (Wildman–Crippen MR) is 125 cm³/mol. The van der Waals surface area contributed by atoms with Crippen LogP contribution < -0.4 is 15.4 Å². The van der Waals surface area contributed by atoms with Crippen LogP contribution >= 0.6 is 11.6 Å². The number of amides is 2. The minimum absolute atomic E-state index is 0.0280. The molecule has 0 unspecified atom stereocenters. The van der Waals surface area contributed by atoms with Crippen LogP contribution in [0.3, 0.4) is 0 Å². The fourth-order valence-corrected chi connectivity index (χ4v) is 3.69. The molecule has 0 spiro atoms. The Morgan fingerprint density at radius 1 is 0.848 bits per heavy atom. The van der Waals surface area contributed by atoms with Crippen LogP contribution in [-0.4, -0.2) is 32.5 Å². The molecule has 0 saturated heterocycles. The van der Waals surface area contributed by atoms with Crippen LogP contribution in [0.5, 0.6) is 5.75 Å². The Balaban J connectivity index is 1.69. The second-order valence-electron chi connectivity index (χ2n) is 7.02. The Labute approximate surface area is 195 Å². The molecule has 0 aliphatic carbocycles. The number of halogens is 1. The summed E-state index contributed by atoms with van der Waals surface area (Å²) in [5, 5.41) is 5.48. The maximum atomic E-state index is 12.5. The second-order valence-corrected chi connectivity index (χ2v) is 9.44. The van der Waals surface area contributed by atoms with Gasteiger partial charge in [-0.3, -0.25) is 14.4 Å². The van der Waals surface area contributed by atoms with Crippen LogP contribution in [0.2, 0.25) is 5.02 Å². The van der Waals surface area contributed by atoms with E-state index in [-0.39, 0.29) is 21.2 Å². The third-order valence-corrected chi connectivity index (χ3v) is 5.80. The van der Waals surface area contributed by atoms with Crippen LogP contribution in [0.15, 0.2) is 71.6 Å². The molecule has 3 aromatic rings. The van der Waals surface area contributed by atoms with Gasteiger partial charge in [0, 0.05) is 30.0 Å². The number of ether oxygens (including phenoxy) is 1. The maximum absolute atomic E-state index is 12.5. The highest BCUT2D eigenvalue weighted by Gasteiger charge is 2.14. The molecule has 0 atom stereocenters. The summed E-state index contributed by atoms with van der Waals surface area (Å²) in [6, 6.07) is 16.2. The molecule has 0 saturated carbocycles. The number of rotatable bonds is 6. The van der Waals surface area contributed by atoms with E-state index in [1.807, 2.05) is 0 Å².